The lowest BCUT2D eigenvalue weighted by Gasteiger charge is -2.22. The summed E-state index contributed by atoms with van der Waals surface area (Å²) >= 11 is 1.82. The molecular formula is C13H13FN2O2S. The van der Waals surface area contributed by atoms with Gasteiger partial charge in [0, 0.05) is 6.04 Å². The van der Waals surface area contributed by atoms with Gasteiger partial charge in [-0.25, -0.2) is 9.18 Å². The molecule has 0 bridgehead atoms. The Labute approximate surface area is 112 Å². The second kappa shape index (κ2) is 4.85. The van der Waals surface area contributed by atoms with E-state index < -0.39 is 17.1 Å². The molecule has 1 fully saturated rings. The molecule has 0 saturated carbocycles. The SMILES string of the molecule is O=c1[nH]c2ccc(F)cc2c(=O)n1C1CCSCC1. The van der Waals surface area contributed by atoms with Gasteiger partial charge < -0.3 is 4.98 Å². The summed E-state index contributed by atoms with van der Waals surface area (Å²) < 4.78 is 14.5. The number of nitrogens with zero attached hydrogens (tertiary/aromatic N) is 1. The highest BCUT2D eigenvalue weighted by atomic mass is 32.2. The minimum Gasteiger partial charge on any atom is -0.307 e. The number of nitrogens with one attached hydrogen (secondary N) is 1. The number of aromatic amines is 1. The van der Waals surface area contributed by atoms with Gasteiger partial charge in [0.05, 0.1) is 10.9 Å². The van der Waals surface area contributed by atoms with Crippen LogP contribution in [0.5, 0.6) is 0 Å². The zero-order valence-electron chi connectivity index (χ0n) is 10.2. The van der Waals surface area contributed by atoms with Crippen LogP contribution in [0.4, 0.5) is 4.39 Å². The molecule has 2 aromatic rings. The number of halogens is 1. The van der Waals surface area contributed by atoms with Crippen LogP contribution in [0.15, 0.2) is 27.8 Å². The van der Waals surface area contributed by atoms with Crippen molar-refractivity contribution in [1.82, 2.24) is 9.55 Å². The van der Waals surface area contributed by atoms with Crippen LogP contribution in [0.1, 0.15) is 18.9 Å². The van der Waals surface area contributed by atoms with Gasteiger partial charge >= 0.3 is 5.69 Å². The van der Waals surface area contributed by atoms with Crippen molar-refractivity contribution in [1.29, 1.82) is 0 Å². The van der Waals surface area contributed by atoms with E-state index >= 15 is 0 Å². The van der Waals surface area contributed by atoms with E-state index in [0.29, 0.717) is 5.52 Å². The number of hydrogen-bond acceptors (Lipinski definition) is 3. The Morgan fingerprint density at radius 2 is 2.00 bits per heavy atom. The van der Waals surface area contributed by atoms with Crippen LogP contribution in [0.25, 0.3) is 10.9 Å². The van der Waals surface area contributed by atoms with Gasteiger partial charge in [-0.1, -0.05) is 0 Å². The normalized spacial score (nSPS) is 16.9. The molecule has 1 aromatic carbocycles. The molecule has 1 aliphatic rings. The molecule has 0 unspecified atom stereocenters. The van der Waals surface area contributed by atoms with Crippen LogP contribution in [0, 0.1) is 5.82 Å². The van der Waals surface area contributed by atoms with E-state index in [9.17, 15) is 14.0 Å². The molecule has 0 aliphatic carbocycles. The highest BCUT2D eigenvalue weighted by molar-refractivity contribution is 7.99. The summed E-state index contributed by atoms with van der Waals surface area (Å²) in [5.41, 5.74) is -0.408. The summed E-state index contributed by atoms with van der Waals surface area (Å²) in [5.74, 6) is 1.41. The van der Waals surface area contributed by atoms with E-state index in [2.05, 4.69) is 4.98 Å². The maximum Gasteiger partial charge on any atom is 0.329 e. The molecule has 0 atom stereocenters. The Bertz CT molecular complexity index is 731. The Morgan fingerprint density at radius 3 is 2.74 bits per heavy atom. The number of rotatable bonds is 1. The first-order valence-electron chi connectivity index (χ1n) is 6.18. The second-order valence-corrected chi connectivity index (χ2v) is 5.86. The molecule has 0 spiro atoms. The number of hydrogen-bond donors (Lipinski definition) is 1. The van der Waals surface area contributed by atoms with Gasteiger partial charge in [-0.2, -0.15) is 11.8 Å². The van der Waals surface area contributed by atoms with E-state index in [0.717, 1.165) is 24.3 Å². The Hall–Kier alpha value is -1.56. The first kappa shape index (κ1) is 12.5. The van der Waals surface area contributed by atoms with E-state index in [1.54, 1.807) is 0 Å². The van der Waals surface area contributed by atoms with Gasteiger partial charge in [-0.15, -0.1) is 0 Å². The molecule has 100 valence electrons. The summed E-state index contributed by atoms with van der Waals surface area (Å²) in [4.78, 5) is 27.1. The lowest BCUT2D eigenvalue weighted by atomic mass is 10.1. The van der Waals surface area contributed by atoms with Crippen molar-refractivity contribution in [2.24, 2.45) is 0 Å². The van der Waals surface area contributed by atoms with Gasteiger partial charge in [-0.3, -0.25) is 9.36 Å². The van der Waals surface area contributed by atoms with E-state index in [4.69, 9.17) is 0 Å². The van der Waals surface area contributed by atoms with Crippen molar-refractivity contribution >= 4 is 22.7 Å². The third-order valence-corrected chi connectivity index (χ3v) is 4.50. The second-order valence-electron chi connectivity index (χ2n) is 4.64. The maximum atomic E-state index is 13.2. The monoisotopic (exact) mass is 280 g/mol. The summed E-state index contributed by atoms with van der Waals surface area (Å²) in [6.07, 6.45) is 1.60. The summed E-state index contributed by atoms with van der Waals surface area (Å²) in [7, 11) is 0. The van der Waals surface area contributed by atoms with Gasteiger partial charge in [0.2, 0.25) is 0 Å². The quantitative estimate of drug-likeness (QED) is 0.868. The molecule has 1 N–H and O–H groups in total. The third kappa shape index (κ3) is 2.20. The highest BCUT2D eigenvalue weighted by Gasteiger charge is 2.20. The first-order chi connectivity index (χ1) is 9.16. The van der Waals surface area contributed by atoms with Gasteiger partial charge in [0.1, 0.15) is 5.82 Å². The number of H-pyrrole nitrogens is 1. The predicted octanol–water partition coefficient (Wildman–Crippen LogP) is 1.90. The number of thioether (sulfide) groups is 1. The standard InChI is InChI=1S/C13H13FN2O2S/c14-8-1-2-11-10(7-8)12(17)16(13(18)15-11)9-3-5-19-6-4-9/h1-2,7,9H,3-6H2,(H,15,18). The molecule has 1 aliphatic heterocycles. The average molecular weight is 280 g/mol. The smallest absolute Gasteiger partial charge is 0.307 e. The van der Waals surface area contributed by atoms with Crippen LogP contribution in [-0.4, -0.2) is 21.1 Å². The fourth-order valence-corrected chi connectivity index (χ4v) is 3.56. The average Bonchev–Trinajstić information content (AvgIpc) is 2.41. The minimum absolute atomic E-state index is 0.0785. The van der Waals surface area contributed by atoms with Crippen molar-refractivity contribution in [3.8, 4) is 0 Å². The number of aromatic nitrogens is 2. The molecule has 4 nitrogen and oxygen atoms in total. The fraction of sp³-hybridized carbons (Fsp3) is 0.385. The molecule has 0 amide bonds. The van der Waals surface area contributed by atoms with Gasteiger partial charge in [0.15, 0.2) is 0 Å². The third-order valence-electron chi connectivity index (χ3n) is 3.45. The van der Waals surface area contributed by atoms with E-state index in [1.807, 2.05) is 11.8 Å². The van der Waals surface area contributed by atoms with Crippen LogP contribution in [0.2, 0.25) is 0 Å². The Morgan fingerprint density at radius 1 is 1.26 bits per heavy atom. The van der Waals surface area contributed by atoms with Crippen LogP contribution < -0.4 is 11.2 Å². The minimum atomic E-state index is -0.470. The van der Waals surface area contributed by atoms with Gasteiger partial charge in [0.25, 0.3) is 5.56 Å². The van der Waals surface area contributed by atoms with Crippen molar-refractivity contribution in [2.75, 3.05) is 11.5 Å². The molecule has 6 heteroatoms. The molecule has 3 rings (SSSR count). The van der Waals surface area contributed by atoms with Crippen molar-refractivity contribution in [3.63, 3.8) is 0 Å². The highest BCUT2D eigenvalue weighted by Crippen LogP contribution is 2.25. The molecule has 0 radical (unpaired) electrons. The molecule has 2 heterocycles. The van der Waals surface area contributed by atoms with Crippen LogP contribution in [-0.2, 0) is 0 Å². The summed E-state index contributed by atoms with van der Waals surface area (Å²) in [5, 5.41) is 0.234. The van der Waals surface area contributed by atoms with Crippen LogP contribution >= 0.6 is 11.8 Å². The molecule has 1 aromatic heterocycles. The van der Waals surface area contributed by atoms with Crippen molar-refractivity contribution in [2.45, 2.75) is 18.9 Å². The first-order valence-corrected chi connectivity index (χ1v) is 7.34. The number of benzene rings is 1. The lowest BCUT2D eigenvalue weighted by Crippen LogP contribution is -2.39. The predicted molar refractivity (Wildman–Crippen MR) is 74.4 cm³/mol. The van der Waals surface area contributed by atoms with E-state index in [1.165, 1.54) is 22.8 Å². The summed E-state index contributed by atoms with van der Waals surface area (Å²) in [6, 6.07) is 3.76. The number of fused-ring (bicyclic) bond motifs is 1. The lowest BCUT2D eigenvalue weighted by molar-refractivity contribution is 0.440. The van der Waals surface area contributed by atoms with Gasteiger partial charge in [-0.05, 0) is 42.5 Å². The topological polar surface area (TPSA) is 54.9 Å². The fourth-order valence-electron chi connectivity index (χ4n) is 2.47. The van der Waals surface area contributed by atoms with Crippen molar-refractivity contribution in [3.05, 3.63) is 44.9 Å². The Balaban J connectivity index is 2.24. The van der Waals surface area contributed by atoms with Crippen molar-refractivity contribution < 1.29 is 4.39 Å². The molecule has 19 heavy (non-hydrogen) atoms. The zero-order valence-corrected chi connectivity index (χ0v) is 11.0. The zero-order chi connectivity index (χ0) is 13.4. The summed E-state index contributed by atoms with van der Waals surface area (Å²) in [6.45, 7) is 0. The molecular weight excluding hydrogens is 267 g/mol. The largest absolute Gasteiger partial charge is 0.329 e. The van der Waals surface area contributed by atoms with E-state index in [-0.39, 0.29) is 11.4 Å². The Kier molecular flexibility index (Phi) is 3.18. The molecule has 1 saturated heterocycles. The maximum absolute atomic E-state index is 13.2. The van der Waals surface area contributed by atoms with Crippen LogP contribution in [0.3, 0.4) is 0 Å².